The predicted octanol–water partition coefficient (Wildman–Crippen LogP) is 4.38. The topological polar surface area (TPSA) is 98.2 Å². The number of piperidine rings is 1. The molecule has 0 spiro atoms. The van der Waals surface area contributed by atoms with Crippen LogP contribution >= 0.6 is 0 Å². The summed E-state index contributed by atoms with van der Waals surface area (Å²) in [6, 6.07) is 17.3. The molecule has 1 aliphatic rings. The largest absolute Gasteiger partial charge is 0.457 e. The first kappa shape index (κ1) is 22.9. The van der Waals surface area contributed by atoms with E-state index in [2.05, 4.69) is 27.1 Å². The molecule has 4 N–H and O–H groups in total. The number of nitrogens with zero attached hydrogens (tertiary/aromatic N) is 3. The van der Waals surface area contributed by atoms with E-state index in [1.807, 2.05) is 66.1 Å². The number of aliphatic hydroxyl groups excluding tert-OH is 1. The van der Waals surface area contributed by atoms with Gasteiger partial charge in [-0.25, -0.2) is 9.97 Å². The van der Waals surface area contributed by atoms with Gasteiger partial charge in [0.15, 0.2) is 0 Å². The van der Waals surface area contributed by atoms with Gasteiger partial charge in [0, 0.05) is 11.5 Å². The lowest BCUT2D eigenvalue weighted by atomic mass is 9.98. The summed E-state index contributed by atoms with van der Waals surface area (Å²) in [4.78, 5) is 8.81. The third-order valence-corrected chi connectivity index (χ3v) is 6.37. The maximum Gasteiger partial charge on any atom is 0.147 e. The van der Waals surface area contributed by atoms with Gasteiger partial charge in [-0.2, -0.15) is 0 Å². The fourth-order valence-electron chi connectivity index (χ4n) is 4.52. The molecule has 0 aliphatic carbocycles. The molecule has 4 aromatic rings. The van der Waals surface area contributed by atoms with Crippen LogP contribution in [0, 0.1) is 17.8 Å². The molecular formula is C28H29N5O2. The normalized spacial score (nSPS) is 14.9. The van der Waals surface area contributed by atoms with E-state index in [1.165, 1.54) is 6.33 Å². The Hall–Kier alpha value is -3.86. The highest BCUT2D eigenvalue weighted by Gasteiger charge is 2.24. The number of aliphatic hydroxyl groups is 1. The van der Waals surface area contributed by atoms with Gasteiger partial charge in [-0.05, 0) is 68.6 Å². The van der Waals surface area contributed by atoms with Gasteiger partial charge in [0.1, 0.15) is 35.0 Å². The van der Waals surface area contributed by atoms with E-state index in [0.717, 1.165) is 59.6 Å². The maximum absolute atomic E-state index is 10.0. The van der Waals surface area contributed by atoms with Crippen molar-refractivity contribution in [2.75, 3.05) is 25.4 Å². The van der Waals surface area contributed by atoms with E-state index >= 15 is 0 Å². The second-order valence-electron chi connectivity index (χ2n) is 8.82. The number of para-hydroxylation sites is 1. The lowest BCUT2D eigenvalue weighted by molar-refractivity contribution is 0.241. The molecule has 178 valence electrons. The van der Waals surface area contributed by atoms with Gasteiger partial charge in [0.25, 0.3) is 0 Å². The zero-order valence-electron chi connectivity index (χ0n) is 19.7. The molecule has 2 aromatic heterocycles. The van der Waals surface area contributed by atoms with Crippen LogP contribution in [0.4, 0.5) is 5.82 Å². The van der Waals surface area contributed by atoms with Crippen LogP contribution in [0.15, 0.2) is 60.9 Å². The third-order valence-electron chi connectivity index (χ3n) is 6.37. The molecule has 1 aliphatic heterocycles. The van der Waals surface area contributed by atoms with E-state index in [1.54, 1.807) is 0 Å². The van der Waals surface area contributed by atoms with Crippen molar-refractivity contribution in [1.29, 1.82) is 0 Å². The summed E-state index contributed by atoms with van der Waals surface area (Å²) in [5.74, 6) is 9.17. The minimum Gasteiger partial charge on any atom is -0.457 e. The predicted molar refractivity (Wildman–Crippen MR) is 138 cm³/mol. The van der Waals surface area contributed by atoms with Gasteiger partial charge >= 0.3 is 0 Å². The molecule has 3 heterocycles. The van der Waals surface area contributed by atoms with Crippen molar-refractivity contribution >= 4 is 16.9 Å². The number of rotatable bonds is 5. The number of benzene rings is 2. The van der Waals surface area contributed by atoms with E-state index in [4.69, 9.17) is 10.5 Å². The molecule has 7 heteroatoms. The zero-order chi connectivity index (χ0) is 24.2. The maximum atomic E-state index is 10.0. The summed E-state index contributed by atoms with van der Waals surface area (Å²) >= 11 is 0. The average Bonchev–Trinajstić information content (AvgIpc) is 3.24. The van der Waals surface area contributed by atoms with Crippen molar-refractivity contribution in [2.45, 2.75) is 25.8 Å². The minimum atomic E-state index is -0.224. The fraction of sp³-hybridized carbons (Fsp3) is 0.286. The van der Waals surface area contributed by atoms with Crippen LogP contribution in [0.2, 0.25) is 0 Å². The molecule has 0 radical (unpaired) electrons. The van der Waals surface area contributed by atoms with Crippen molar-refractivity contribution in [3.8, 4) is 34.5 Å². The monoisotopic (exact) mass is 467 g/mol. The smallest absolute Gasteiger partial charge is 0.147 e. The Bertz CT molecular complexity index is 1360. The Balaban J connectivity index is 1.64. The van der Waals surface area contributed by atoms with Crippen molar-refractivity contribution in [3.63, 3.8) is 0 Å². The third kappa shape index (κ3) is 4.72. The van der Waals surface area contributed by atoms with Gasteiger partial charge in [0.2, 0.25) is 0 Å². The summed E-state index contributed by atoms with van der Waals surface area (Å²) in [5.41, 5.74) is 9.67. The number of anilines is 1. The number of hydrogen-bond acceptors (Lipinski definition) is 6. The van der Waals surface area contributed by atoms with Crippen LogP contribution < -0.4 is 15.8 Å². The van der Waals surface area contributed by atoms with Crippen LogP contribution in [0.25, 0.3) is 22.2 Å². The summed E-state index contributed by atoms with van der Waals surface area (Å²) in [7, 11) is 0. The number of nitrogen functional groups attached to an aromatic ring is 1. The molecule has 1 unspecified atom stereocenters. The van der Waals surface area contributed by atoms with Crippen LogP contribution in [0.3, 0.4) is 0 Å². The first-order chi connectivity index (χ1) is 17.2. The molecule has 1 atom stereocenters. The Kier molecular flexibility index (Phi) is 6.66. The van der Waals surface area contributed by atoms with Crippen molar-refractivity contribution in [1.82, 2.24) is 19.9 Å². The van der Waals surface area contributed by atoms with Gasteiger partial charge in [-0.1, -0.05) is 36.3 Å². The first-order valence-corrected chi connectivity index (χ1v) is 12.0. The highest BCUT2D eigenvalue weighted by molar-refractivity contribution is 6.03. The molecule has 0 saturated carbocycles. The standard InChI is InChI=1S/C28H29N5O2/c1-19(17-34)33-24(12-7-20-13-15-30-16-14-20)25(26-27(29)31-18-32-28(26)33)21-8-10-23(11-9-21)35-22-5-3-2-4-6-22/h2-6,8-11,18-20,30,34H,13-17H2,1H3,(H2,29,31,32). The highest BCUT2D eigenvalue weighted by atomic mass is 16.5. The molecule has 7 nitrogen and oxygen atoms in total. The lowest BCUT2D eigenvalue weighted by Crippen LogP contribution is -2.27. The Morgan fingerprint density at radius 2 is 1.80 bits per heavy atom. The molecule has 35 heavy (non-hydrogen) atoms. The van der Waals surface area contributed by atoms with Gasteiger partial charge in [-0.15, -0.1) is 0 Å². The second kappa shape index (κ2) is 10.2. The number of ether oxygens (including phenoxy) is 1. The van der Waals surface area contributed by atoms with Crippen LogP contribution in [0.1, 0.15) is 31.5 Å². The summed E-state index contributed by atoms with van der Waals surface area (Å²) in [6.45, 7) is 3.86. The van der Waals surface area contributed by atoms with E-state index < -0.39 is 0 Å². The second-order valence-corrected chi connectivity index (χ2v) is 8.82. The van der Waals surface area contributed by atoms with E-state index in [9.17, 15) is 5.11 Å². The molecular weight excluding hydrogens is 438 g/mol. The lowest BCUT2D eigenvalue weighted by Gasteiger charge is -2.18. The Morgan fingerprint density at radius 3 is 2.51 bits per heavy atom. The summed E-state index contributed by atoms with van der Waals surface area (Å²) in [5, 5.41) is 14.2. The molecule has 0 amide bonds. The first-order valence-electron chi connectivity index (χ1n) is 12.0. The van der Waals surface area contributed by atoms with Gasteiger partial charge < -0.3 is 25.5 Å². The molecule has 5 rings (SSSR count). The SMILES string of the molecule is CC(CO)n1c(C#CC2CCNCC2)c(-c2ccc(Oc3ccccc3)cc2)c2c(N)ncnc21. The number of nitrogens with two attached hydrogens (primary N) is 1. The van der Waals surface area contributed by atoms with E-state index in [0.29, 0.717) is 17.4 Å². The summed E-state index contributed by atoms with van der Waals surface area (Å²) < 4.78 is 7.97. The number of hydrogen-bond donors (Lipinski definition) is 3. The number of nitrogens with one attached hydrogen (secondary N) is 1. The van der Waals surface area contributed by atoms with Crippen molar-refractivity contribution in [2.24, 2.45) is 5.92 Å². The van der Waals surface area contributed by atoms with Crippen LogP contribution in [-0.2, 0) is 0 Å². The minimum absolute atomic E-state index is 0.0426. The van der Waals surface area contributed by atoms with E-state index in [-0.39, 0.29) is 12.6 Å². The van der Waals surface area contributed by atoms with Crippen LogP contribution in [0.5, 0.6) is 11.5 Å². The molecule has 2 aromatic carbocycles. The average molecular weight is 468 g/mol. The van der Waals surface area contributed by atoms with Gasteiger partial charge in [-0.3, -0.25) is 0 Å². The molecule has 1 saturated heterocycles. The Morgan fingerprint density at radius 1 is 1.09 bits per heavy atom. The molecule has 0 bridgehead atoms. The number of aromatic nitrogens is 3. The quantitative estimate of drug-likeness (QED) is 0.377. The zero-order valence-corrected chi connectivity index (χ0v) is 19.7. The van der Waals surface area contributed by atoms with Crippen LogP contribution in [-0.4, -0.2) is 39.3 Å². The molecule has 1 fully saturated rings. The summed E-state index contributed by atoms with van der Waals surface area (Å²) in [6.07, 6.45) is 3.50. The fourth-order valence-corrected chi connectivity index (χ4v) is 4.52. The highest BCUT2D eigenvalue weighted by Crippen LogP contribution is 2.39. The Labute approximate surface area is 205 Å². The van der Waals surface area contributed by atoms with Gasteiger partial charge in [0.05, 0.1) is 18.0 Å². The van der Waals surface area contributed by atoms with Crippen molar-refractivity contribution in [3.05, 3.63) is 66.6 Å². The number of fused-ring (bicyclic) bond motifs is 1. The van der Waals surface area contributed by atoms with Crippen molar-refractivity contribution < 1.29 is 9.84 Å².